The van der Waals surface area contributed by atoms with Gasteiger partial charge in [0.2, 0.25) is 10.0 Å². The minimum atomic E-state index is -3.54. The molecule has 1 aromatic heterocycles. The molecule has 7 heteroatoms. The van der Waals surface area contributed by atoms with Crippen LogP contribution in [-0.2, 0) is 14.8 Å². The lowest BCUT2D eigenvalue weighted by Crippen LogP contribution is -2.35. The summed E-state index contributed by atoms with van der Waals surface area (Å²) in [5.41, 5.74) is 0. The molecule has 0 spiro atoms. The first-order valence-corrected chi connectivity index (χ1v) is 7.69. The van der Waals surface area contributed by atoms with Crippen LogP contribution in [0.5, 0.6) is 0 Å². The number of sulfonamides is 1. The molecular formula is C12H21N3O3S. The number of nitrogens with zero attached hydrogens (tertiary/aromatic N) is 1. The van der Waals surface area contributed by atoms with Crippen molar-refractivity contribution in [3.05, 3.63) is 18.3 Å². The molecule has 19 heavy (non-hydrogen) atoms. The molecule has 1 heterocycles. The zero-order valence-electron chi connectivity index (χ0n) is 11.5. The topological polar surface area (TPSA) is 80.3 Å². The number of pyridine rings is 1. The Bertz CT molecular complexity index is 491. The highest BCUT2D eigenvalue weighted by Crippen LogP contribution is 2.13. The van der Waals surface area contributed by atoms with Crippen molar-refractivity contribution in [3.8, 4) is 0 Å². The van der Waals surface area contributed by atoms with E-state index in [1.54, 1.807) is 6.92 Å². The number of aromatic nitrogens is 1. The van der Waals surface area contributed by atoms with Crippen LogP contribution < -0.4 is 10.0 Å². The Morgan fingerprint density at radius 2 is 2.21 bits per heavy atom. The van der Waals surface area contributed by atoms with Gasteiger partial charge in [0.05, 0.1) is 11.5 Å². The van der Waals surface area contributed by atoms with Crippen LogP contribution in [0.1, 0.15) is 20.3 Å². The molecule has 0 aliphatic heterocycles. The van der Waals surface area contributed by atoms with Crippen LogP contribution in [-0.4, -0.2) is 39.7 Å². The van der Waals surface area contributed by atoms with E-state index in [0.717, 1.165) is 13.0 Å². The quantitative estimate of drug-likeness (QED) is 0.751. The summed E-state index contributed by atoms with van der Waals surface area (Å²) in [6.07, 6.45) is 2.43. The normalized spacial score (nSPS) is 13.2. The van der Waals surface area contributed by atoms with Gasteiger partial charge >= 0.3 is 0 Å². The average molecular weight is 287 g/mol. The van der Waals surface area contributed by atoms with Gasteiger partial charge in [-0.1, -0.05) is 6.92 Å². The van der Waals surface area contributed by atoms with E-state index >= 15 is 0 Å². The molecular weight excluding hydrogens is 266 g/mol. The number of rotatable bonds is 8. The fraction of sp³-hybridized carbons (Fsp3) is 0.583. The molecule has 2 N–H and O–H groups in total. The number of hydrogen-bond donors (Lipinski definition) is 2. The third kappa shape index (κ3) is 5.14. The van der Waals surface area contributed by atoms with Gasteiger partial charge in [-0.2, -0.15) is 0 Å². The van der Waals surface area contributed by atoms with Crippen LogP contribution in [0.15, 0.2) is 23.2 Å². The minimum absolute atomic E-state index is 0.198. The molecule has 0 aliphatic rings. The molecule has 108 valence electrons. The molecule has 0 saturated heterocycles. The van der Waals surface area contributed by atoms with E-state index in [2.05, 4.69) is 15.0 Å². The Labute approximate surface area is 114 Å². The van der Waals surface area contributed by atoms with Gasteiger partial charge in [-0.15, -0.1) is 0 Å². The van der Waals surface area contributed by atoms with Gasteiger partial charge < -0.3 is 10.1 Å². The molecule has 1 atom stereocenters. The summed E-state index contributed by atoms with van der Waals surface area (Å²) in [6.45, 7) is 4.86. The second-order valence-electron chi connectivity index (χ2n) is 4.28. The van der Waals surface area contributed by atoms with E-state index in [-0.39, 0.29) is 10.9 Å². The van der Waals surface area contributed by atoms with Crippen LogP contribution in [0.25, 0.3) is 0 Å². The second kappa shape index (κ2) is 7.42. The highest BCUT2D eigenvalue weighted by Gasteiger charge is 2.17. The molecule has 1 rings (SSSR count). The Kier molecular flexibility index (Phi) is 6.20. The van der Waals surface area contributed by atoms with Crippen molar-refractivity contribution in [1.82, 2.24) is 9.71 Å². The largest absolute Gasteiger partial charge is 0.383 e. The maximum Gasteiger partial charge on any atom is 0.241 e. The van der Waals surface area contributed by atoms with Crippen molar-refractivity contribution < 1.29 is 13.2 Å². The molecule has 0 amide bonds. The third-order valence-corrected chi connectivity index (χ3v) is 3.96. The van der Waals surface area contributed by atoms with E-state index in [4.69, 9.17) is 4.74 Å². The summed E-state index contributed by atoms with van der Waals surface area (Å²) in [5.74, 6) is 0.559. The van der Waals surface area contributed by atoms with Crippen LogP contribution in [0.4, 0.5) is 5.82 Å². The Morgan fingerprint density at radius 1 is 1.47 bits per heavy atom. The smallest absolute Gasteiger partial charge is 0.241 e. The van der Waals surface area contributed by atoms with Crippen molar-refractivity contribution in [2.45, 2.75) is 31.2 Å². The standard InChI is InChI=1S/C12H21N3O3S/c1-4-6-13-12-8-11(5-7-14-12)19(16,17)15-10(2)9-18-3/h5,7-8,10,15H,4,6,9H2,1-3H3,(H,13,14). The number of anilines is 1. The maximum atomic E-state index is 12.1. The van der Waals surface area contributed by atoms with Crippen LogP contribution in [0, 0.1) is 0 Å². The van der Waals surface area contributed by atoms with Gasteiger partial charge in [-0.05, 0) is 19.4 Å². The molecule has 0 bridgehead atoms. The zero-order chi connectivity index (χ0) is 14.3. The number of methoxy groups -OCH3 is 1. The fourth-order valence-electron chi connectivity index (χ4n) is 1.54. The van der Waals surface area contributed by atoms with Gasteiger partial charge in [-0.25, -0.2) is 18.1 Å². The van der Waals surface area contributed by atoms with E-state index in [1.807, 2.05) is 6.92 Å². The van der Waals surface area contributed by atoms with E-state index in [0.29, 0.717) is 12.4 Å². The van der Waals surface area contributed by atoms with Gasteiger partial charge in [0.15, 0.2) is 0 Å². The van der Waals surface area contributed by atoms with Gasteiger partial charge in [-0.3, -0.25) is 0 Å². The monoisotopic (exact) mass is 287 g/mol. The van der Waals surface area contributed by atoms with Gasteiger partial charge in [0.25, 0.3) is 0 Å². The molecule has 0 aliphatic carbocycles. The van der Waals surface area contributed by atoms with E-state index < -0.39 is 10.0 Å². The number of hydrogen-bond acceptors (Lipinski definition) is 5. The maximum absolute atomic E-state index is 12.1. The summed E-state index contributed by atoms with van der Waals surface area (Å²) in [4.78, 5) is 4.28. The molecule has 0 saturated carbocycles. The minimum Gasteiger partial charge on any atom is -0.383 e. The van der Waals surface area contributed by atoms with E-state index in [9.17, 15) is 8.42 Å². The molecule has 0 fully saturated rings. The molecule has 1 unspecified atom stereocenters. The Morgan fingerprint density at radius 3 is 2.84 bits per heavy atom. The molecule has 0 aromatic carbocycles. The predicted molar refractivity (Wildman–Crippen MR) is 74.7 cm³/mol. The number of ether oxygens (including phenoxy) is 1. The van der Waals surface area contributed by atoms with Gasteiger partial charge in [0, 0.05) is 32.0 Å². The fourth-order valence-corrected chi connectivity index (χ4v) is 2.79. The second-order valence-corrected chi connectivity index (χ2v) is 6.00. The summed E-state index contributed by atoms with van der Waals surface area (Å²) >= 11 is 0. The van der Waals surface area contributed by atoms with Crippen molar-refractivity contribution in [2.24, 2.45) is 0 Å². The first-order valence-electron chi connectivity index (χ1n) is 6.20. The molecule has 6 nitrogen and oxygen atoms in total. The first kappa shape index (κ1) is 15.9. The lowest BCUT2D eigenvalue weighted by Gasteiger charge is -2.13. The van der Waals surface area contributed by atoms with Gasteiger partial charge in [0.1, 0.15) is 5.82 Å². The van der Waals surface area contributed by atoms with Crippen molar-refractivity contribution in [3.63, 3.8) is 0 Å². The van der Waals surface area contributed by atoms with Crippen molar-refractivity contribution in [1.29, 1.82) is 0 Å². The lowest BCUT2D eigenvalue weighted by molar-refractivity contribution is 0.180. The number of nitrogens with one attached hydrogen (secondary N) is 2. The van der Waals surface area contributed by atoms with Crippen LogP contribution in [0.3, 0.4) is 0 Å². The SMILES string of the molecule is CCCNc1cc(S(=O)(=O)NC(C)COC)ccn1. The summed E-state index contributed by atoms with van der Waals surface area (Å²) in [6, 6.07) is 2.71. The Balaban J connectivity index is 2.82. The third-order valence-electron chi connectivity index (χ3n) is 2.37. The zero-order valence-corrected chi connectivity index (χ0v) is 12.3. The molecule has 0 radical (unpaired) electrons. The highest BCUT2D eigenvalue weighted by atomic mass is 32.2. The van der Waals surface area contributed by atoms with E-state index in [1.165, 1.54) is 25.4 Å². The highest BCUT2D eigenvalue weighted by molar-refractivity contribution is 7.89. The van der Waals surface area contributed by atoms with Crippen LogP contribution >= 0.6 is 0 Å². The lowest BCUT2D eigenvalue weighted by atomic mass is 10.4. The molecule has 1 aromatic rings. The predicted octanol–water partition coefficient (Wildman–Crippen LogP) is 1.22. The summed E-state index contributed by atoms with van der Waals surface area (Å²) in [7, 11) is -2.01. The summed E-state index contributed by atoms with van der Waals surface area (Å²) in [5, 5.41) is 3.06. The van der Waals surface area contributed by atoms with Crippen molar-refractivity contribution >= 4 is 15.8 Å². The Hall–Kier alpha value is -1.18. The van der Waals surface area contributed by atoms with Crippen LogP contribution in [0.2, 0.25) is 0 Å². The van der Waals surface area contributed by atoms with Crippen molar-refractivity contribution in [2.75, 3.05) is 25.6 Å². The average Bonchev–Trinajstić information content (AvgIpc) is 2.36. The first-order chi connectivity index (χ1) is 8.99. The summed E-state index contributed by atoms with van der Waals surface area (Å²) < 4.78 is 31.7.